The van der Waals surface area contributed by atoms with E-state index in [1.807, 2.05) is 12.1 Å². The number of fused-ring (bicyclic) bond motifs is 2. The largest absolute Gasteiger partial charge is 0.486 e. The summed E-state index contributed by atoms with van der Waals surface area (Å²) in [6.45, 7) is 5.12. The van der Waals surface area contributed by atoms with Gasteiger partial charge in [0.2, 0.25) is 5.89 Å². The van der Waals surface area contributed by atoms with E-state index < -0.39 is 0 Å². The fourth-order valence-electron chi connectivity index (χ4n) is 3.39. The number of nitrogens with zero attached hydrogens (tertiary/aromatic N) is 1. The first-order valence-electron chi connectivity index (χ1n) is 9.76. The molecular weight excluding hydrogens is 380 g/mol. The lowest BCUT2D eigenvalue weighted by Crippen LogP contribution is -2.17. The van der Waals surface area contributed by atoms with Crippen LogP contribution in [0.25, 0.3) is 22.6 Å². The van der Waals surface area contributed by atoms with Crippen LogP contribution in [-0.4, -0.2) is 24.1 Å². The molecule has 1 aliphatic rings. The van der Waals surface area contributed by atoms with Crippen LogP contribution in [0.15, 0.2) is 59.0 Å². The van der Waals surface area contributed by atoms with Crippen molar-refractivity contribution in [2.24, 2.45) is 0 Å². The molecule has 1 aromatic heterocycles. The second-order valence-corrected chi connectivity index (χ2v) is 7.31. The number of aromatic nitrogens is 1. The van der Waals surface area contributed by atoms with E-state index in [2.05, 4.69) is 36.3 Å². The molecule has 1 N–H and O–H groups in total. The zero-order chi connectivity index (χ0) is 20.7. The molecule has 0 radical (unpaired) electrons. The second-order valence-electron chi connectivity index (χ2n) is 7.31. The van der Waals surface area contributed by atoms with Crippen molar-refractivity contribution >= 4 is 22.7 Å². The number of rotatable bonds is 3. The molecule has 0 atom stereocenters. The summed E-state index contributed by atoms with van der Waals surface area (Å²) in [6, 6.07) is 16.7. The Morgan fingerprint density at radius 1 is 0.900 bits per heavy atom. The Morgan fingerprint density at radius 3 is 2.57 bits per heavy atom. The molecular formula is C24H20N2O4. The van der Waals surface area contributed by atoms with Crippen molar-refractivity contribution in [2.45, 2.75) is 13.8 Å². The van der Waals surface area contributed by atoms with Crippen LogP contribution < -0.4 is 14.8 Å². The number of oxazole rings is 1. The fourth-order valence-corrected chi connectivity index (χ4v) is 3.39. The van der Waals surface area contributed by atoms with Crippen LogP contribution in [0.4, 0.5) is 5.69 Å². The van der Waals surface area contributed by atoms with Gasteiger partial charge in [-0.15, -0.1) is 0 Å². The molecule has 6 heteroatoms. The summed E-state index contributed by atoms with van der Waals surface area (Å²) in [5.41, 5.74) is 5.82. The SMILES string of the molecule is Cc1ccc(-c2nc3cc(NC(=O)c4ccc5c(c4)OCCO5)ccc3o2)cc1C. The maximum Gasteiger partial charge on any atom is 0.255 e. The van der Waals surface area contributed by atoms with Crippen LogP contribution in [0.1, 0.15) is 21.5 Å². The van der Waals surface area contributed by atoms with E-state index >= 15 is 0 Å². The number of nitrogens with one attached hydrogen (secondary N) is 1. The van der Waals surface area contributed by atoms with Gasteiger partial charge in [0.15, 0.2) is 17.1 Å². The van der Waals surface area contributed by atoms with Crippen molar-refractivity contribution < 1.29 is 18.7 Å². The summed E-state index contributed by atoms with van der Waals surface area (Å²) in [7, 11) is 0. The molecule has 0 spiro atoms. The maximum atomic E-state index is 12.7. The number of ether oxygens (including phenoxy) is 2. The lowest BCUT2D eigenvalue weighted by molar-refractivity contribution is 0.102. The van der Waals surface area contributed by atoms with Crippen LogP contribution in [-0.2, 0) is 0 Å². The smallest absolute Gasteiger partial charge is 0.255 e. The van der Waals surface area contributed by atoms with E-state index in [-0.39, 0.29) is 5.91 Å². The Kier molecular flexibility index (Phi) is 4.39. The third kappa shape index (κ3) is 3.37. The van der Waals surface area contributed by atoms with Gasteiger partial charge in [-0.3, -0.25) is 4.79 Å². The minimum atomic E-state index is -0.232. The summed E-state index contributed by atoms with van der Waals surface area (Å²) in [5.74, 6) is 1.56. The van der Waals surface area contributed by atoms with Gasteiger partial charge in [0.25, 0.3) is 5.91 Å². The number of anilines is 1. The minimum absolute atomic E-state index is 0.232. The molecule has 150 valence electrons. The first kappa shape index (κ1) is 18.2. The van der Waals surface area contributed by atoms with Gasteiger partial charge in [-0.1, -0.05) is 6.07 Å². The summed E-state index contributed by atoms with van der Waals surface area (Å²) in [5, 5.41) is 2.91. The Bertz CT molecular complexity index is 1280. The molecule has 30 heavy (non-hydrogen) atoms. The van der Waals surface area contributed by atoms with Gasteiger partial charge in [-0.25, -0.2) is 4.98 Å². The lowest BCUT2D eigenvalue weighted by atomic mass is 10.1. The minimum Gasteiger partial charge on any atom is -0.486 e. The van der Waals surface area contributed by atoms with Crippen LogP contribution >= 0.6 is 0 Å². The van der Waals surface area contributed by atoms with E-state index in [1.54, 1.807) is 30.3 Å². The van der Waals surface area contributed by atoms with Gasteiger partial charge in [0.1, 0.15) is 18.7 Å². The Labute approximate surface area is 173 Å². The van der Waals surface area contributed by atoms with Crippen molar-refractivity contribution in [3.05, 3.63) is 71.3 Å². The molecule has 1 amide bonds. The molecule has 0 fully saturated rings. The highest BCUT2D eigenvalue weighted by Crippen LogP contribution is 2.31. The fraction of sp³-hybridized carbons (Fsp3) is 0.167. The predicted octanol–water partition coefficient (Wildman–Crippen LogP) is 5.14. The van der Waals surface area contributed by atoms with Crippen LogP contribution in [0.2, 0.25) is 0 Å². The standard InChI is InChI=1S/C24H20N2O4/c1-14-3-4-17(11-15(14)2)24-26-19-13-18(6-8-20(19)30-24)25-23(27)16-5-7-21-22(12-16)29-10-9-28-21/h3-8,11-13H,9-10H2,1-2H3,(H,25,27). The first-order valence-corrected chi connectivity index (χ1v) is 9.76. The Morgan fingerprint density at radius 2 is 1.73 bits per heavy atom. The summed E-state index contributed by atoms with van der Waals surface area (Å²) in [4.78, 5) is 17.3. The van der Waals surface area contributed by atoms with Crippen molar-refractivity contribution in [2.75, 3.05) is 18.5 Å². The molecule has 0 unspecified atom stereocenters. The van der Waals surface area contributed by atoms with Gasteiger partial charge in [0.05, 0.1) is 0 Å². The van der Waals surface area contributed by atoms with E-state index in [9.17, 15) is 4.79 Å². The number of hydrogen-bond donors (Lipinski definition) is 1. The quantitative estimate of drug-likeness (QED) is 0.516. The van der Waals surface area contributed by atoms with E-state index in [1.165, 1.54) is 11.1 Å². The van der Waals surface area contributed by atoms with Gasteiger partial charge >= 0.3 is 0 Å². The van der Waals surface area contributed by atoms with E-state index in [0.29, 0.717) is 53.0 Å². The third-order valence-corrected chi connectivity index (χ3v) is 5.20. The monoisotopic (exact) mass is 400 g/mol. The van der Waals surface area contributed by atoms with Gasteiger partial charge < -0.3 is 19.2 Å². The zero-order valence-electron chi connectivity index (χ0n) is 16.7. The van der Waals surface area contributed by atoms with Crippen LogP contribution in [0, 0.1) is 13.8 Å². The summed E-state index contributed by atoms with van der Waals surface area (Å²) < 4.78 is 17.0. The first-order chi connectivity index (χ1) is 14.6. The predicted molar refractivity (Wildman–Crippen MR) is 114 cm³/mol. The maximum absolute atomic E-state index is 12.7. The summed E-state index contributed by atoms with van der Waals surface area (Å²) in [6.07, 6.45) is 0. The second kappa shape index (κ2) is 7.22. The number of amides is 1. The highest BCUT2D eigenvalue weighted by molar-refractivity contribution is 6.05. The molecule has 5 rings (SSSR count). The topological polar surface area (TPSA) is 73.6 Å². The average molecular weight is 400 g/mol. The van der Waals surface area contributed by atoms with Crippen molar-refractivity contribution in [3.8, 4) is 23.0 Å². The van der Waals surface area contributed by atoms with Gasteiger partial charge in [0, 0.05) is 16.8 Å². The highest BCUT2D eigenvalue weighted by atomic mass is 16.6. The number of benzene rings is 3. The van der Waals surface area contributed by atoms with E-state index in [0.717, 1.165) is 5.56 Å². The third-order valence-electron chi connectivity index (χ3n) is 5.20. The molecule has 1 aliphatic heterocycles. The molecule has 6 nitrogen and oxygen atoms in total. The Balaban J connectivity index is 1.40. The number of aryl methyl sites for hydroxylation is 2. The van der Waals surface area contributed by atoms with Gasteiger partial charge in [-0.2, -0.15) is 0 Å². The Hall–Kier alpha value is -3.80. The van der Waals surface area contributed by atoms with E-state index in [4.69, 9.17) is 13.9 Å². The molecule has 3 aromatic carbocycles. The van der Waals surface area contributed by atoms with Crippen LogP contribution in [0.3, 0.4) is 0 Å². The zero-order valence-corrected chi connectivity index (χ0v) is 16.7. The number of hydrogen-bond acceptors (Lipinski definition) is 5. The average Bonchev–Trinajstić information content (AvgIpc) is 3.18. The van der Waals surface area contributed by atoms with Crippen molar-refractivity contribution in [3.63, 3.8) is 0 Å². The normalized spacial score (nSPS) is 12.7. The van der Waals surface area contributed by atoms with Gasteiger partial charge in [-0.05, 0) is 73.5 Å². The summed E-state index contributed by atoms with van der Waals surface area (Å²) >= 11 is 0. The van der Waals surface area contributed by atoms with Crippen LogP contribution in [0.5, 0.6) is 11.5 Å². The number of carbonyl (C=O) groups is 1. The highest BCUT2D eigenvalue weighted by Gasteiger charge is 2.16. The molecule has 0 saturated heterocycles. The lowest BCUT2D eigenvalue weighted by Gasteiger charge is -2.18. The molecule has 0 bridgehead atoms. The van der Waals surface area contributed by atoms with Crippen molar-refractivity contribution in [1.29, 1.82) is 0 Å². The number of carbonyl (C=O) groups excluding carboxylic acids is 1. The molecule has 0 aliphatic carbocycles. The molecule has 4 aromatic rings. The van der Waals surface area contributed by atoms with Crippen molar-refractivity contribution in [1.82, 2.24) is 4.98 Å². The molecule has 2 heterocycles. The molecule has 0 saturated carbocycles.